The molecule has 0 aliphatic carbocycles. The highest BCUT2D eigenvalue weighted by Gasteiger charge is 2.18. The third-order valence-corrected chi connectivity index (χ3v) is 3.99. The second kappa shape index (κ2) is 6.72. The molecule has 24 heavy (non-hydrogen) atoms. The van der Waals surface area contributed by atoms with Gasteiger partial charge in [0.1, 0.15) is 5.56 Å². The molecule has 0 saturated heterocycles. The first-order valence-corrected chi connectivity index (χ1v) is 7.71. The summed E-state index contributed by atoms with van der Waals surface area (Å²) in [6.45, 7) is 0.365. The maximum absolute atomic E-state index is 12.2. The fourth-order valence-electron chi connectivity index (χ4n) is 2.59. The third-order valence-electron chi connectivity index (χ3n) is 3.75. The van der Waals surface area contributed by atoms with Crippen molar-refractivity contribution in [1.82, 2.24) is 10.3 Å². The van der Waals surface area contributed by atoms with E-state index in [9.17, 15) is 14.9 Å². The molecule has 1 amide bonds. The van der Waals surface area contributed by atoms with E-state index in [1.807, 2.05) is 18.3 Å². The van der Waals surface area contributed by atoms with Gasteiger partial charge in [0.15, 0.2) is 0 Å². The second-order valence-corrected chi connectivity index (χ2v) is 5.72. The van der Waals surface area contributed by atoms with Crippen molar-refractivity contribution in [2.75, 3.05) is 6.54 Å². The van der Waals surface area contributed by atoms with E-state index >= 15 is 0 Å². The van der Waals surface area contributed by atoms with Gasteiger partial charge >= 0.3 is 0 Å². The van der Waals surface area contributed by atoms with E-state index < -0.39 is 10.8 Å². The lowest BCUT2D eigenvalue weighted by Gasteiger charge is -2.05. The molecule has 3 aromatic rings. The zero-order valence-corrected chi connectivity index (χ0v) is 13.3. The van der Waals surface area contributed by atoms with Crippen LogP contribution in [0.5, 0.6) is 0 Å². The van der Waals surface area contributed by atoms with Crippen molar-refractivity contribution in [3.8, 4) is 0 Å². The number of nitro groups is 1. The van der Waals surface area contributed by atoms with Crippen LogP contribution in [-0.2, 0) is 6.42 Å². The minimum Gasteiger partial charge on any atom is -0.361 e. The topological polar surface area (TPSA) is 88.0 Å². The van der Waals surface area contributed by atoms with Gasteiger partial charge in [-0.2, -0.15) is 0 Å². The third kappa shape index (κ3) is 3.23. The summed E-state index contributed by atoms with van der Waals surface area (Å²) in [7, 11) is 0. The zero-order chi connectivity index (χ0) is 17.1. The number of H-pyrrole nitrogens is 1. The van der Waals surface area contributed by atoms with Crippen LogP contribution in [0.1, 0.15) is 15.9 Å². The van der Waals surface area contributed by atoms with E-state index in [2.05, 4.69) is 10.3 Å². The van der Waals surface area contributed by atoms with Crippen LogP contribution >= 0.6 is 11.6 Å². The van der Waals surface area contributed by atoms with Gasteiger partial charge in [-0.1, -0.05) is 23.7 Å². The SMILES string of the molecule is O=C(NCCc1c[nH]c2ccc(Cl)cc12)c1ccccc1[N+](=O)[O-]. The summed E-state index contributed by atoms with van der Waals surface area (Å²) in [5.74, 6) is -0.458. The Balaban J connectivity index is 1.69. The number of hydrogen-bond donors (Lipinski definition) is 2. The highest BCUT2D eigenvalue weighted by molar-refractivity contribution is 6.31. The largest absolute Gasteiger partial charge is 0.361 e. The molecule has 1 aromatic heterocycles. The van der Waals surface area contributed by atoms with Crippen LogP contribution in [0.25, 0.3) is 10.9 Å². The molecule has 0 atom stereocenters. The fraction of sp³-hybridized carbons (Fsp3) is 0.118. The van der Waals surface area contributed by atoms with Crippen LogP contribution in [0, 0.1) is 10.1 Å². The van der Waals surface area contributed by atoms with E-state index in [4.69, 9.17) is 11.6 Å². The number of carbonyl (C=O) groups is 1. The van der Waals surface area contributed by atoms with Gasteiger partial charge in [0.05, 0.1) is 4.92 Å². The number of halogens is 1. The van der Waals surface area contributed by atoms with Crippen molar-refractivity contribution >= 4 is 34.1 Å². The van der Waals surface area contributed by atoms with Crippen LogP contribution in [0.3, 0.4) is 0 Å². The summed E-state index contributed by atoms with van der Waals surface area (Å²) in [4.78, 5) is 25.7. The summed E-state index contributed by atoms with van der Waals surface area (Å²) in [5.41, 5.74) is 1.85. The van der Waals surface area contributed by atoms with Crippen molar-refractivity contribution < 1.29 is 9.72 Å². The Hall–Kier alpha value is -2.86. The minimum absolute atomic E-state index is 0.0597. The van der Waals surface area contributed by atoms with Gasteiger partial charge in [-0.25, -0.2) is 0 Å². The van der Waals surface area contributed by atoms with Gasteiger partial charge in [-0.15, -0.1) is 0 Å². The number of nitrogens with zero attached hydrogens (tertiary/aromatic N) is 1. The molecule has 0 aliphatic rings. The molecule has 122 valence electrons. The zero-order valence-electron chi connectivity index (χ0n) is 12.6. The fourth-order valence-corrected chi connectivity index (χ4v) is 2.76. The van der Waals surface area contributed by atoms with Crippen LogP contribution in [0.4, 0.5) is 5.69 Å². The van der Waals surface area contributed by atoms with Crippen LogP contribution in [0.2, 0.25) is 5.02 Å². The van der Waals surface area contributed by atoms with Crippen molar-refractivity contribution in [2.45, 2.75) is 6.42 Å². The van der Waals surface area contributed by atoms with Crippen LogP contribution in [-0.4, -0.2) is 22.4 Å². The summed E-state index contributed by atoms with van der Waals surface area (Å²) in [6, 6.07) is 11.5. The van der Waals surface area contributed by atoms with Crippen molar-refractivity contribution in [1.29, 1.82) is 0 Å². The number of aromatic nitrogens is 1. The smallest absolute Gasteiger partial charge is 0.282 e. The van der Waals surface area contributed by atoms with E-state index in [0.717, 1.165) is 16.5 Å². The number of hydrogen-bond acceptors (Lipinski definition) is 3. The molecule has 3 rings (SSSR count). The lowest BCUT2D eigenvalue weighted by Crippen LogP contribution is -2.26. The monoisotopic (exact) mass is 343 g/mol. The Morgan fingerprint density at radius 1 is 1.25 bits per heavy atom. The molecule has 0 spiro atoms. The van der Waals surface area contributed by atoms with Crippen LogP contribution in [0.15, 0.2) is 48.7 Å². The normalized spacial score (nSPS) is 10.7. The van der Waals surface area contributed by atoms with Gasteiger partial charge < -0.3 is 10.3 Å². The number of aromatic amines is 1. The molecule has 0 bridgehead atoms. The maximum Gasteiger partial charge on any atom is 0.282 e. The number of amides is 1. The predicted molar refractivity (Wildman–Crippen MR) is 92.4 cm³/mol. The Labute approximate surface area is 142 Å². The number of fused-ring (bicyclic) bond motifs is 1. The summed E-state index contributed by atoms with van der Waals surface area (Å²) < 4.78 is 0. The molecule has 0 aliphatic heterocycles. The lowest BCUT2D eigenvalue weighted by molar-refractivity contribution is -0.385. The van der Waals surface area contributed by atoms with Crippen molar-refractivity contribution in [3.05, 3.63) is 74.9 Å². The number of para-hydroxylation sites is 1. The van der Waals surface area contributed by atoms with E-state index in [1.165, 1.54) is 18.2 Å². The Kier molecular flexibility index (Phi) is 4.48. The van der Waals surface area contributed by atoms with Gasteiger partial charge in [0, 0.05) is 34.7 Å². The number of benzene rings is 2. The first-order valence-electron chi connectivity index (χ1n) is 7.33. The molecule has 2 N–H and O–H groups in total. The highest BCUT2D eigenvalue weighted by Crippen LogP contribution is 2.22. The van der Waals surface area contributed by atoms with Crippen LogP contribution < -0.4 is 5.32 Å². The molecule has 0 fully saturated rings. The second-order valence-electron chi connectivity index (χ2n) is 5.28. The van der Waals surface area contributed by atoms with E-state index in [0.29, 0.717) is 18.0 Å². The quantitative estimate of drug-likeness (QED) is 0.547. The van der Waals surface area contributed by atoms with Gasteiger partial charge in [-0.05, 0) is 36.2 Å². The summed E-state index contributed by atoms with van der Waals surface area (Å²) in [5, 5.41) is 15.3. The molecule has 2 aromatic carbocycles. The standard InChI is InChI=1S/C17H14ClN3O3/c18-12-5-6-15-14(9-12)11(10-20-15)7-8-19-17(22)13-3-1-2-4-16(13)21(23)24/h1-6,9-10,20H,7-8H2,(H,19,22). The number of nitro benzene ring substituents is 1. The Morgan fingerprint density at radius 3 is 2.83 bits per heavy atom. The van der Waals surface area contributed by atoms with E-state index in [-0.39, 0.29) is 11.3 Å². The summed E-state index contributed by atoms with van der Waals surface area (Å²) >= 11 is 6.01. The molecule has 0 radical (unpaired) electrons. The molecular formula is C17H14ClN3O3. The molecule has 7 heteroatoms. The predicted octanol–water partition coefficient (Wildman–Crippen LogP) is 3.70. The molecular weight excluding hydrogens is 330 g/mol. The first-order chi connectivity index (χ1) is 11.6. The van der Waals surface area contributed by atoms with Gasteiger partial charge in [0.2, 0.25) is 0 Å². The van der Waals surface area contributed by atoms with E-state index in [1.54, 1.807) is 12.1 Å². The van der Waals surface area contributed by atoms with Crippen molar-refractivity contribution in [2.24, 2.45) is 0 Å². The average molecular weight is 344 g/mol. The number of carbonyl (C=O) groups excluding carboxylic acids is 1. The highest BCUT2D eigenvalue weighted by atomic mass is 35.5. The lowest BCUT2D eigenvalue weighted by atomic mass is 10.1. The number of rotatable bonds is 5. The summed E-state index contributed by atoms with van der Waals surface area (Å²) in [6.07, 6.45) is 2.46. The number of nitrogens with one attached hydrogen (secondary N) is 2. The molecule has 1 heterocycles. The molecule has 0 saturated carbocycles. The van der Waals surface area contributed by atoms with Gasteiger partial charge in [0.25, 0.3) is 11.6 Å². The first kappa shape index (κ1) is 16.0. The average Bonchev–Trinajstić information content (AvgIpc) is 2.97. The molecule has 6 nitrogen and oxygen atoms in total. The Bertz CT molecular complexity index is 920. The van der Waals surface area contributed by atoms with Crippen molar-refractivity contribution in [3.63, 3.8) is 0 Å². The van der Waals surface area contributed by atoms with Gasteiger partial charge in [-0.3, -0.25) is 14.9 Å². The molecule has 0 unspecified atom stereocenters. The maximum atomic E-state index is 12.2. The minimum atomic E-state index is -0.559. The Morgan fingerprint density at radius 2 is 2.04 bits per heavy atom.